The average Bonchev–Trinajstić information content (AvgIpc) is 3.12. The van der Waals surface area contributed by atoms with Gasteiger partial charge in [-0.3, -0.25) is 14.5 Å². The molecule has 35 heavy (non-hydrogen) atoms. The number of aliphatic hydroxyl groups is 1. The number of aromatic hydroxyl groups is 1. The topological polar surface area (TPSA) is 81.1 Å². The van der Waals surface area contributed by atoms with Gasteiger partial charge in [-0.25, -0.2) is 0 Å². The lowest BCUT2D eigenvalue weighted by Crippen LogP contribution is -2.29. The van der Waals surface area contributed by atoms with Crippen LogP contribution in [0.2, 0.25) is 0 Å². The Morgan fingerprint density at radius 3 is 2.26 bits per heavy atom. The Morgan fingerprint density at radius 1 is 0.943 bits per heavy atom. The highest BCUT2D eigenvalue weighted by Crippen LogP contribution is 2.43. The highest BCUT2D eigenvalue weighted by molar-refractivity contribution is 6.51. The van der Waals surface area contributed by atoms with Crippen molar-refractivity contribution in [2.45, 2.75) is 33.7 Å². The van der Waals surface area contributed by atoms with Crippen molar-refractivity contribution < 1.29 is 19.8 Å². The number of hydrogen-bond acceptors (Lipinski definition) is 5. The van der Waals surface area contributed by atoms with Gasteiger partial charge in [0.1, 0.15) is 11.5 Å². The third kappa shape index (κ3) is 4.39. The third-order valence-corrected chi connectivity index (χ3v) is 6.54. The molecule has 1 aliphatic heterocycles. The molecule has 6 heteroatoms. The van der Waals surface area contributed by atoms with Gasteiger partial charge in [-0.15, -0.1) is 0 Å². The second-order valence-electron chi connectivity index (χ2n) is 8.77. The average molecular weight is 471 g/mol. The van der Waals surface area contributed by atoms with Gasteiger partial charge < -0.3 is 15.1 Å². The van der Waals surface area contributed by atoms with Crippen LogP contribution in [0.25, 0.3) is 5.76 Å². The number of phenolic OH excluding ortho intramolecular Hbond substituents is 1. The number of amides is 1. The van der Waals surface area contributed by atoms with E-state index < -0.39 is 17.7 Å². The Kier molecular flexibility index (Phi) is 6.65. The molecule has 0 spiro atoms. The molecule has 1 saturated heterocycles. The number of ketones is 1. The van der Waals surface area contributed by atoms with E-state index in [1.165, 1.54) is 17.0 Å². The Labute approximate surface area is 205 Å². The van der Waals surface area contributed by atoms with E-state index in [4.69, 9.17) is 0 Å². The van der Waals surface area contributed by atoms with Gasteiger partial charge in [0.15, 0.2) is 0 Å². The lowest BCUT2D eigenvalue weighted by Gasteiger charge is -2.27. The predicted molar refractivity (Wildman–Crippen MR) is 139 cm³/mol. The van der Waals surface area contributed by atoms with Gasteiger partial charge in [0.25, 0.3) is 11.7 Å². The molecular formula is C29H30N2O4. The first-order chi connectivity index (χ1) is 16.8. The molecule has 3 aromatic carbocycles. The van der Waals surface area contributed by atoms with Crippen molar-refractivity contribution in [2.24, 2.45) is 0 Å². The van der Waals surface area contributed by atoms with Crippen LogP contribution in [0.1, 0.15) is 42.1 Å². The van der Waals surface area contributed by atoms with Crippen LogP contribution in [-0.4, -0.2) is 35.0 Å². The minimum Gasteiger partial charge on any atom is -0.508 e. The summed E-state index contributed by atoms with van der Waals surface area (Å²) in [5.74, 6) is -1.69. The van der Waals surface area contributed by atoms with Crippen LogP contribution in [0.3, 0.4) is 0 Å². The van der Waals surface area contributed by atoms with Crippen molar-refractivity contribution in [1.29, 1.82) is 0 Å². The molecule has 2 N–H and O–H groups in total. The Bertz CT molecular complexity index is 1310. The molecule has 1 amide bonds. The molecular weight excluding hydrogens is 440 g/mol. The van der Waals surface area contributed by atoms with Crippen LogP contribution >= 0.6 is 0 Å². The van der Waals surface area contributed by atoms with Crippen LogP contribution in [-0.2, 0) is 9.59 Å². The summed E-state index contributed by atoms with van der Waals surface area (Å²) >= 11 is 0. The van der Waals surface area contributed by atoms with Crippen LogP contribution in [0.4, 0.5) is 11.4 Å². The number of phenols is 1. The molecule has 0 aromatic heterocycles. The van der Waals surface area contributed by atoms with Gasteiger partial charge in [-0.1, -0.05) is 29.8 Å². The smallest absolute Gasteiger partial charge is 0.300 e. The van der Waals surface area contributed by atoms with E-state index in [9.17, 15) is 19.8 Å². The summed E-state index contributed by atoms with van der Waals surface area (Å²) in [4.78, 5) is 30.3. The Morgan fingerprint density at radius 2 is 1.63 bits per heavy atom. The standard InChI is InChI=1S/C29H30N2O4/c1-5-30(6-2)21-12-14-22(15-13-21)31-26(20-8-7-9-23(32)17-20)25(28(34)29(31)35)27(33)24-16-18(3)10-11-19(24)4/h7-17,26,32-33H,5-6H2,1-4H3/b27-25+. The highest BCUT2D eigenvalue weighted by Gasteiger charge is 2.47. The molecule has 180 valence electrons. The molecule has 0 bridgehead atoms. The molecule has 4 rings (SSSR count). The molecule has 0 aliphatic carbocycles. The second-order valence-corrected chi connectivity index (χ2v) is 8.77. The van der Waals surface area contributed by atoms with Gasteiger partial charge in [-0.2, -0.15) is 0 Å². The Hall–Kier alpha value is -4.06. The summed E-state index contributed by atoms with van der Waals surface area (Å²) in [5.41, 5.74) is 4.30. The predicted octanol–water partition coefficient (Wildman–Crippen LogP) is 5.48. The number of hydrogen-bond donors (Lipinski definition) is 2. The fourth-order valence-corrected chi connectivity index (χ4v) is 4.66. The molecule has 0 saturated carbocycles. The van der Waals surface area contributed by atoms with Gasteiger partial charge in [0, 0.05) is 30.0 Å². The monoisotopic (exact) mass is 470 g/mol. The summed E-state index contributed by atoms with van der Waals surface area (Å²) in [7, 11) is 0. The van der Waals surface area contributed by atoms with Gasteiger partial charge >= 0.3 is 0 Å². The number of carbonyl (C=O) groups is 2. The number of carbonyl (C=O) groups excluding carboxylic acids is 2. The molecule has 1 unspecified atom stereocenters. The maximum absolute atomic E-state index is 13.4. The fourth-order valence-electron chi connectivity index (χ4n) is 4.66. The largest absolute Gasteiger partial charge is 0.508 e. The summed E-state index contributed by atoms with van der Waals surface area (Å²) < 4.78 is 0. The van der Waals surface area contributed by atoms with Crippen molar-refractivity contribution in [3.63, 3.8) is 0 Å². The van der Waals surface area contributed by atoms with Crippen molar-refractivity contribution in [3.8, 4) is 5.75 Å². The summed E-state index contributed by atoms with van der Waals surface area (Å²) in [6, 6.07) is 18.6. The lowest BCUT2D eigenvalue weighted by molar-refractivity contribution is -0.132. The molecule has 1 fully saturated rings. The van der Waals surface area contributed by atoms with E-state index in [0.29, 0.717) is 16.8 Å². The molecule has 3 aromatic rings. The number of rotatable bonds is 6. The molecule has 1 atom stereocenters. The van der Waals surface area contributed by atoms with E-state index in [1.54, 1.807) is 18.2 Å². The van der Waals surface area contributed by atoms with E-state index >= 15 is 0 Å². The second kappa shape index (κ2) is 9.66. The molecule has 1 aliphatic rings. The first-order valence-electron chi connectivity index (χ1n) is 11.8. The number of aliphatic hydroxyl groups excluding tert-OH is 1. The normalized spacial score (nSPS) is 17.1. The zero-order valence-corrected chi connectivity index (χ0v) is 20.4. The first kappa shape index (κ1) is 24.1. The van der Waals surface area contributed by atoms with Crippen LogP contribution in [0.15, 0.2) is 72.3 Å². The maximum Gasteiger partial charge on any atom is 0.300 e. The third-order valence-electron chi connectivity index (χ3n) is 6.54. The maximum atomic E-state index is 13.4. The van der Waals surface area contributed by atoms with Gasteiger partial charge in [0.05, 0.1) is 11.6 Å². The van der Waals surface area contributed by atoms with Crippen molar-refractivity contribution in [2.75, 3.05) is 22.9 Å². The number of aryl methyl sites for hydroxylation is 2. The summed E-state index contributed by atoms with van der Waals surface area (Å²) in [6.07, 6.45) is 0. The number of benzene rings is 3. The minimum atomic E-state index is -0.888. The van der Waals surface area contributed by atoms with Crippen molar-refractivity contribution in [3.05, 3.63) is 94.6 Å². The van der Waals surface area contributed by atoms with E-state index in [2.05, 4.69) is 18.7 Å². The van der Waals surface area contributed by atoms with Crippen LogP contribution < -0.4 is 9.80 Å². The van der Waals surface area contributed by atoms with Crippen LogP contribution in [0, 0.1) is 13.8 Å². The van der Waals surface area contributed by atoms with Crippen molar-refractivity contribution >= 4 is 28.8 Å². The summed E-state index contributed by atoms with van der Waals surface area (Å²) in [5, 5.41) is 21.5. The first-order valence-corrected chi connectivity index (χ1v) is 11.8. The Balaban J connectivity index is 1.91. The van der Waals surface area contributed by atoms with Crippen molar-refractivity contribution in [1.82, 2.24) is 0 Å². The van der Waals surface area contributed by atoms with E-state index in [1.807, 2.05) is 50.2 Å². The van der Waals surface area contributed by atoms with Gasteiger partial charge in [-0.05, 0) is 81.3 Å². The molecule has 6 nitrogen and oxygen atoms in total. The highest BCUT2D eigenvalue weighted by atomic mass is 16.3. The number of nitrogens with zero attached hydrogens (tertiary/aromatic N) is 2. The molecule has 0 radical (unpaired) electrons. The molecule has 1 heterocycles. The summed E-state index contributed by atoms with van der Waals surface area (Å²) in [6.45, 7) is 9.59. The fraction of sp³-hybridized carbons (Fsp3) is 0.241. The van der Waals surface area contributed by atoms with Crippen LogP contribution in [0.5, 0.6) is 5.75 Å². The zero-order valence-electron chi connectivity index (χ0n) is 20.4. The van der Waals surface area contributed by atoms with E-state index in [-0.39, 0.29) is 17.1 Å². The number of anilines is 2. The van der Waals surface area contributed by atoms with Gasteiger partial charge in [0.2, 0.25) is 0 Å². The zero-order chi connectivity index (χ0) is 25.3. The SMILES string of the molecule is CCN(CC)c1ccc(N2C(=O)C(=O)/C(=C(/O)c3cc(C)ccc3C)C2c2cccc(O)c2)cc1. The van der Waals surface area contributed by atoms with E-state index in [0.717, 1.165) is 29.9 Å². The lowest BCUT2D eigenvalue weighted by atomic mass is 9.93. The number of Topliss-reactive ketones (excluding diaryl/α,β-unsaturated/α-hetero) is 1. The quantitative estimate of drug-likeness (QED) is 0.283. The minimum absolute atomic E-state index is 0.00196.